The second kappa shape index (κ2) is 5.60. The lowest BCUT2D eigenvalue weighted by atomic mass is 9.97. The van der Waals surface area contributed by atoms with Gasteiger partial charge in [-0.15, -0.1) is 0 Å². The highest BCUT2D eigenvalue weighted by Gasteiger charge is 2.24. The Morgan fingerprint density at radius 3 is 3.05 bits per heavy atom. The number of para-hydroxylation sites is 1. The SMILES string of the molecule is Cc1cc(NC(=O)CN2c3ccccc3CCC2C)on1. The summed E-state index contributed by atoms with van der Waals surface area (Å²) < 4.78 is 5.02. The number of anilines is 2. The molecule has 0 radical (unpaired) electrons. The first-order chi connectivity index (χ1) is 10.1. The molecule has 1 amide bonds. The summed E-state index contributed by atoms with van der Waals surface area (Å²) in [6.07, 6.45) is 2.13. The molecule has 3 rings (SSSR count). The van der Waals surface area contributed by atoms with Gasteiger partial charge in [-0.05, 0) is 38.3 Å². The zero-order chi connectivity index (χ0) is 14.8. The first-order valence-electron chi connectivity index (χ1n) is 7.21. The lowest BCUT2D eigenvalue weighted by molar-refractivity contribution is -0.115. The monoisotopic (exact) mass is 285 g/mol. The third-order valence-electron chi connectivity index (χ3n) is 3.87. The van der Waals surface area contributed by atoms with E-state index >= 15 is 0 Å². The van der Waals surface area contributed by atoms with Crippen molar-refractivity contribution in [3.63, 3.8) is 0 Å². The van der Waals surface area contributed by atoms with Gasteiger partial charge >= 0.3 is 0 Å². The molecule has 0 bridgehead atoms. The minimum Gasteiger partial charge on any atom is -0.359 e. The van der Waals surface area contributed by atoms with E-state index < -0.39 is 0 Å². The zero-order valence-electron chi connectivity index (χ0n) is 12.3. The molecule has 2 aromatic rings. The molecule has 0 fully saturated rings. The van der Waals surface area contributed by atoms with E-state index in [0.717, 1.165) is 24.2 Å². The summed E-state index contributed by atoms with van der Waals surface area (Å²) in [6.45, 7) is 4.29. The van der Waals surface area contributed by atoms with Crippen LogP contribution in [0, 0.1) is 6.92 Å². The molecule has 2 heterocycles. The van der Waals surface area contributed by atoms with E-state index in [1.807, 2.05) is 19.1 Å². The fraction of sp³-hybridized carbons (Fsp3) is 0.375. The highest BCUT2D eigenvalue weighted by Crippen LogP contribution is 2.30. The molecule has 1 aliphatic heterocycles. The van der Waals surface area contributed by atoms with Gasteiger partial charge in [-0.3, -0.25) is 10.1 Å². The number of carbonyl (C=O) groups excluding carboxylic acids is 1. The van der Waals surface area contributed by atoms with E-state index in [2.05, 4.69) is 34.4 Å². The maximum atomic E-state index is 12.2. The number of amides is 1. The Morgan fingerprint density at radius 1 is 1.48 bits per heavy atom. The number of benzene rings is 1. The summed E-state index contributed by atoms with van der Waals surface area (Å²) in [7, 11) is 0. The molecular weight excluding hydrogens is 266 g/mol. The minimum atomic E-state index is -0.0882. The van der Waals surface area contributed by atoms with E-state index in [4.69, 9.17) is 4.52 Å². The number of rotatable bonds is 3. The van der Waals surface area contributed by atoms with Crippen LogP contribution in [0.2, 0.25) is 0 Å². The molecule has 5 heteroatoms. The largest absolute Gasteiger partial charge is 0.359 e. The Balaban J connectivity index is 1.73. The lowest BCUT2D eigenvalue weighted by Crippen LogP contribution is -2.42. The number of aryl methyl sites for hydroxylation is 2. The third kappa shape index (κ3) is 2.91. The van der Waals surface area contributed by atoms with Crippen LogP contribution in [0.25, 0.3) is 0 Å². The van der Waals surface area contributed by atoms with Crippen molar-refractivity contribution in [2.24, 2.45) is 0 Å². The Bertz CT molecular complexity index is 650. The molecule has 21 heavy (non-hydrogen) atoms. The van der Waals surface area contributed by atoms with Crippen molar-refractivity contribution >= 4 is 17.5 Å². The summed E-state index contributed by atoms with van der Waals surface area (Å²) in [6, 6.07) is 10.3. The molecule has 110 valence electrons. The first kappa shape index (κ1) is 13.7. The van der Waals surface area contributed by atoms with Crippen molar-refractivity contribution in [1.29, 1.82) is 0 Å². The van der Waals surface area contributed by atoms with Gasteiger partial charge in [0.2, 0.25) is 11.8 Å². The van der Waals surface area contributed by atoms with Gasteiger partial charge < -0.3 is 9.42 Å². The number of nitrogens with zero attached hydrogens (tertiary/aromatic N) is 2. The van der Waals surface area contributed by atoms with E-state index in [-0.39, 0.29) is 5.91 Å². The standard InChI is InChI=1S/C16H19N3O2/c1-11-9-16(21-18-11)17-15(20)10-19-12(2)7-8-13-5-3-4-6-14(13)19/h3-6,9,12H,7-8,10H2,1-2H3,(H,17,20). The summed E-state index contributed by atoms with van der Waals surface area (Å²) in [5.74, 6) is 0.310. The topological polar surface area (TPSA) is 58.4 Å². The molecule has 1 unspecified atom stereocenters. The molecule has 0 saturated heterocycles. The maximum absolute atomic E-state index is 12.2. The van der Waals surface area contributed by atoms with Gasteiger partial charge in [-0.2, -0.15) is 0 Å². The molecule has 5 nitrogen and oxygen atoms in total. The van der Waals surface area contributed by atoms with Crippen LogP contribution in [-0.4, -0.2) is 23.7 Å². The van der Waals surface area contributed by atoms with Gasteiger partial charge in [0.25, 0.3) is 0 Å². The van der Waals surface area contributed by atoms with Gasteiger partial charge in [-0.1, -0.05) is 23.4 Å². The minimum absolute atomic E-state index is 0.0882. The molecule has 1 aromatic heterocycles. The van der Waals surface area contributed by atoms with Crippen LogP contribution < -0.4 is 10.2 Å². The van der Waals surface area contributed by atoms with Crippen LogP contribution in [-0.2, 0) is 11.2 Å². The van der Waals surface area contributed by atoms with Crippen molar-refractivity contribution in [1.82, 2.24) is 5.16 Å². The molecule has 0 saturated carbocycles. The number of aromatic nitrogens is 1. The average Bonchev–Trinajstić information content (AvgIpc) is 2.87. The normalized spacial score (nSPS) is 17.4. The summed E-state index contributed by atoms with van der Waals surface area (Å²) in [5.41, 5.74) is 3.21. The van der Waals surface area contributed by atoms with Crippen LogP contribution in [0.15, 0.2) is 34.9 Å². The average molecular weight is 285 g/mol. The Labute approximate surface area is 123 Å². The molecule has 0 spiro atoms. The second-order valence-corrected chi connectivity index (χ2v) is 5.53. The van der Waals surface area contributed by atoms with Gasteiger partial charge in [0.15, 0.2) is 0 Å². The Morgan fingerprint density at radius 2 is 2.29 bits per heavy atom. The Kier molecular flexibility index (Phi) is 3.64. The molecule has 1 aromatic carbocycles. The molecule has 1 atom stereocenters. The lowest BCUT2D eigenvalue weighted by Gasteiger charge is -2.36. The van der Waals surface area contributed by atoms with Crippen molar-refractivity contribution in [3.8, 4) is 0 Å². The molecular formula is C16H19N3O2. The maximum Gasteiger partial charge on any atom is 0.246 e. The number of nitrogens with one attached hydrogen (secondary N) is 1. The van der Waals surface area contributed by atoms with Crippen molar-refractivity contribution < 1.29 is 9.32 Å². The van der Waals surface area contributed by atoms with Gasteiger partial charge in [-0.25, -0.2) is 0 Å². The predicted molar refractivity (Wildman–Crippen MR) is 81.4 cm³/mol. The van der Waals surface area contributed by atoms with E-state index in [9.17, 15) is 4.79 Å². The van der Waals surface area contributed by atoms with E-state index in [0.29, 0.717) is 18.5 Å². The van der Waals surface area contributed by atoms with E-state index in [1.165, 1.54) is 5.56 Å². The van der Waals surface area contributed by atoms with Crippen LogP contribution in [0.4, 0.5) is 11.6 Å². The van der Waals surface area contributed by atoms with Crippen molar-refractivity contribution in [2.45, 2.75) is 32.7 Å². The number of hydrogen-bond donors (Lipinski definition) is 1. The first-order valence-corrected chi connectivity index (χ1v) is 7.21. The van der Waals surface area contributed by atoms with Crippen molar-refractivity contribution in [3.05, 3.63) is 41.6 Å². The number of carbonyl (C=O) groups is 1. The highest BCUT2D eigenvalue weighted by molar-refractivity contribution is 5.93. The smallest absolute Gasteiger partial charge is 0.246 e. The van der Waals surface area contributed by atoms with Crippen LogP contribution >= 0.6 is 0 Å². The predicted octanol–water partition coefficient (Wildman–Crippen LogP) is 2.76. The van der Waals surface area contributed by atoms with Crippen LogP contribution in [0.1, 0.15) is 24.6 Å². The third-order valence-corrected chi connectivity index (χ3v) is 3.87. The zero-order valence-corrected chi connectivity index (χ0v) is 12.3. The van der Waals surface area contributed by atoms with Gasteiger partial charge in [0.1, 0.15) is 0 Å². The summed E-state index contributed by atoms with van der Waals surface area (Å²) in [4.78, 5) is 14.4. The van der Waals surface area contributed by atoms with Gasteiger partial charge in [0.05, 0.1) is 12.2 Å². The fourth-order valence-electron chi connectivity index (χ4n) is 2.76. The molecule has 1 N–H and O–H groups in total. The number of hydrogen-bond acceptors (Lipinski definition) is 4. The second-order valence-electron chi connectivity index (χ2n) is 5.53. The highest BCUT2D eigenvalue weighted by atomic mass is 16.5. The molecule has 0 aliphatic carbocycles. The van der Waals surface area contributed by atoms with Crippen LogP contribution in [0.3, 0.4) is 0 Å². The number of fused-ring (bicyclic) bond motifs is 1. The quantitative estimate of drug-likeness (QED) is 0.942. The Hall–Kier alpha value is -2.30. The summed E-state index contributed by atoms with van der Waals surface area (Å²) in [5, 5.41) is 6.52. The van der Waals surface area contributed by atoms with Gasteiger partial charge in [0, 0.05) is 17.8 Å². The van der Waals surface area contributed by atoms with Crippen molar-refractivity contribution in [2.75, 3.05) is 16.8 Å². The van der Waals surface area contributed by atoms with E-state index in [1.54, 1.807) is 6.07 Å². The summed E-state index contributed by atoms with van der Waals surface area (Å²) >= 11 is 0. The molecule has 1 aliphatic rings. The fourth-order valence-corrected chi connectivity index (χ4v) is 2.76. The van der Waals surface area contributed by atoms with Crippen LogP contribution in [0.5, 0.6) is 0 Å².